The van der Waals surface area contributed by atoms with E-state index in [-0.39, 0.29) is 11.7 Å². The number of hydrogen-bond donors (Lipinski definition) is 1. The van der Waals surface area contributed by atoms with Gasteiger partial charge in [0.1, 0.15) is 6.10 Å². The summed E-state index contributed by atoms with van der Waals surface area (Å²) < 4.78 is 5.20. The summed E-state index contributed by atoms with van der Waals surface area (Å²) >= 11 is 0. The van der Waals surface area contributed by atoms with Gasteiger partial charge in [0.05, 0.1) is 5.56 Å². The van der Waals surface area contributed by atoms with Crippen molar-refractivity contribution in [1.29, 1.82) is 0 Å². The Balaban J connectivity index is 2.81. The molecule has 0 spiro atoms. The maximum atomic E-state index is 10.6. The Morgan fingerprint density at radius 3 is 2.53 bits per heavy atom. The lowest BCUT2D eigenvalue weighted by atomic mass is 10.2. The Kier molecular flexibility index (Phi) is 4.17. The third-order valence-electron chi connectivity index (χ3n) is 2.04. The van der Waals surface area contributed by atoms with E-state index in [0.717, 1.165) is 12.8 Å². The number of carboxylic acids is 1. The molecule has 1 heterocycles. The Morgan fingerprint density at radius 1 is 1.53 bits per heavy atom. The number of carboxylic acid groups (broad SMARTS) is 1. The summed E-state index contributed by atoms with van der Waals surface area (Å²) in [6.45, 7) is 2.04. The van der Waals surface area contributed by atoms with E-state index in [1.807, 2.05) is 6.92 Å². The Hall–Kier alpha value is -1.49. The number of aromatic nitrogens is 2. The van der Waals surface area contributed by atoms with Gasteiger partial charge in [-0.1, -0.05) is 13.3 Å². The van der Waals surface area contributed by atoms with Crippen LogP contribution in [0.15, 0.2) is 12.4 Å². The van der Waals surface area contributed by atoms with Gasteiger partial charge in [-0.05, 0) is 6.42 Å². The second-order valence-electron chi connectivity index (χ2n) is 3.15. The van der Waals surface area contributed by atoms with E-state index >= 15 is 0 Å². The van der Waals surface area contributed by atoms with Crippen molar-refractivity contribution < 1.29 is 14.6 Å². The van der Waals surface area contributed by atoms with Gasteiger partial charge in [-0.2, -0.15) is 0 Å². The van der Waals surface area contributed by atoms with Crippen molar-refractivity contribution in [2.24, 2.45) is 0 Å². The molecule has 5 heteroatoms. The first-order chi connectivity index (χ1) is 7.19. The summed E-state index contributed by atoms with van der Waals surface area (Å²) in [6, 6.07) is 0. The minimum Gasteiger partial charge on any atom is -0.478 e. The molecule has 82 valence electrons. The lowest BCUT2D eigenvalue weighted by Gasteiger charge is -2.12. The van der Waals surface area contributed by atoms with Gasteiger partial charge in [-0.25, -0.2) is 14.8 Å². The third kappa shape index (κ3) is 2.99. The predicted octanol–water partition coefficient (Wildman–Crippen LogP) is 1.66. The van der Waals surface area contributed by atoms with Gasteiger partial charge in [0, 0.05) is 19.5 Å². The van der Waals surface area contributed by atoms with Crippen LogP contribution in [0.3, 0.4) is 0 Å². The average molecular weight is 210 g/mol. The van der Waals surface area contributed by atoms with Gasteiger partial charge in [0.15, 0.2) is 5.82 Å². The summed E-state index contributed by atoms with van der Waals surface area (Å²) in [5.41, 5.74) is 0.0881. The van der Waals surface area contributed by atoms with Crippen LogP contribution in [0, 0.1) is 0 Å². The molecule has 0 aliphatic heterocycles. The third-order valence-corrected chi connectivity index (χ3v) is 2.04. The van der Waals surface area contributed by atoms with E-state index in [1.165, 1.54) is 12.4 Å². The number of carbonyl (C=O) groups is 1. The molecule has 1 atom stereocenters. The highest BCUT2D eigenvalue weighted by Gasteiger charge is 2.13. The van der Waals surface area contributed by atoms with Crippen molar-refractivity contribution in [3.8, 4) is 0 Å². The van der Waals surface area contributed by atoms with Crippen LogP contribution in [0.5, 0.6) is 0 Å². The van der Waals surface area contributed by atoms with Crippen LogP contribution in [-0.2, 0) is 4.74 Å². The smallest absolute Gasteiger partial charge is 0.338 e. The van der Waals surface area contributed by atoms with Crippen LogP contribution in [-0.4, -0.2) is 28.2 Å². The second-order valence-corrected chi connectivity index (χ2v) is 3.15. The first-order valence-corrected chi connectivity index (χ1v) is 4.77. The zero-order valence-corrected chi connectivity index (χ0v) is 8.80. The number of ether oxygens (including phenoxy) is 1. The average Bonchev–Trinajstić information content (AvgIpc) is 2.26. The van der Waals surface area contributed by atoms with Crippen molar-refractivity contribution >= 4 is 5.97 Å². The Labute approximate surface area is 88.1 Å². The largest absolute Gasteiger partial charge is 0.478 e. The van der Waals surface area contributed by atoms with Crippen molar-refractivity contribution in [1.82, 2.24) is 9.97 Å². The maximum absolute atomic E-state index is 10.6. The van der Waals surface area contributed by atoms with Gasteiger partial charge in [-0.3, -0.25) is 0 Å². The van der Waals surface area contributed by atoms with E-state index in [4.69, 9.17) is 9.84 Å². The lowest BCUT2D eigenvalue weighted by Crippen LogP contribution is -2.08. The minimum atomic E-state index is -1.02. The fraction of sp³-hybridized carbons (Fsp3) is 0.500. The van der Waals surface area contributed by atoms with Gasteiger partial charge in [-0.15, -0.1) is 0 Å². The highest BCUT2D eigenvalue weighted by molar-refractivity contribution is 5.86. The molecule has 5 nitrogen and oxygen atoms in total. The molecule has 1 aromatic rings. The molecule has 0 aromatic carbocycles. The van der Waals surface area contributed by atoms with Crippen LogP contribution < -0.4 is 0 Å². The van der Waals surface area contributed by atoms with Gasteiger partial charge < -0.3 is 9.84 Å². The quantitative estimate of drug-likeness (QED) is 0.800. The molecule has 0 aliphatic carbocycles. The van der Waals surface area contributed by atoms with Crippen molar-refractivity contribution in [3.63, 3.8) is 0 Å². The van der Waals surface area contributed by atoms with Gasteiger partial charge in [0.2, 0.25) is 0 Å². The molecule has 0 aliphatic rings. The molecular formula is C10H14N2O3. The molecule has 0 bridgehead atoms. The van der Waals surface area contributed by atoms with Crippen molar-refractivity contribution in [2.45, 2.75) is 25.9 Å². The van der Waals surface area contributed by atoms with Crippen LogP contribution >= 0.6 is 0 Å². The summed E-state index contributed by atoms with van der Waals surface area (Å²) in [4.78, 5) is 18.5. The topological polar surface area (TPSA) is 72.3 Å². The molecule has 0 saturated heterocycles. The molecule has 1 unspecified atom stereocenters. The molecule has 15 heavy (non-hydrogen) atoms. The standard InChI is InChI=1S/C10H14N2O3/c1-3-4-8(15-2)9-11-5-7(6-12-9)10(13)14/h5-6,8H,3-4H2,1-2H3,(H,13,14). The number of rotatable bonds is 5. The Bertz CT molecular complexity index is 324. The normalized spacial score (nSPS) is 12.4. The fourth-order valence-electron chi connectivity index (χ4n) is 1.23. The highest BCUT2D eigenvalue weighted by Crippen LogP contribution is 2.17. The first kappa shape index (κ1) is 11.6. The second kappa shape index (κ2) is 5.41. The first-order valence-electron chi connectivity index (χ1n) is 4.77. The van der Waals surface area contributed by atoms with Gasteiger partial charge >= 0.3 is 5.97 Å². The number of methoxy groups -OCH3 is 1. The van der Waals surface area contributed by atoms with E-state index in [1.54, 1.807) is 7.11 Å². The van der Waals surface area contributed by atoms with E-state index in [0.29, 0.717) is 5.82 Å². The molecule has 0 fully saturated rings. The SMILES string of the molecule is CCCC(OC)c1ncc(C(=O)O)cn1. The monoisotopic (exact) mass is 210 g/mol. The van der Waals surface area contributed by atoms with Crippen LogP contribution in [0.25, 0.3) is 0 Å². The lowest BCUT2D eigenvalue weighted by molar-refractivity contribution is 0.0693. The summed E-state index contributed by atoms with van der Waals surface area (Å²) in [6.07, 6.45) is 4.22. The molecule has 1 aromatic heterocycles. The molecule has 1 rings (SSSR count). The predicted molar refractivity (Wildman–Crippen MR) is 53.6 cm³/mol. The minimum absolute atomic E-state index is 0.0881. The summed E-state index contributed by atoms with van der Waals surface area (Å²) in [7, 11) is 1.59. The zero-order chi connectivity index (χ0) is 11.3. The van der Waals surface area contributed by atoms with Crippen LogP contribution in [0.2, 0.25) is 0 Å². The van der Waals surface area contributed by atoms with Crippen molar-refractivity contribution in [3.05, 3.63) is 23.8 Å². The van der Waals surface area contributed by atoms with E-state index in [9.17, 15) is 4.79 Å². The Morgan fingerprint density at radius 2 is 2.13 bits per heavy atom. The maximum Gasteiger partial charge on any atom is 0.338 e. The van der Waals surface area contributed by atoms with Crippen molar-refractivity contribution in [2.75, 3.05) is 7.11 Å². The van der Waals surface area contributed by atoms with E-state index in [2.05, 4.69) is 9.97 Å². The molecule has 0 amide bonds. The molecule has 1 N–H and O–H groups in total. The number of nitrogens with zero attached hydrogens (tertiary/aromatic N) is 2. The fourth-order valence-corrected chi connectivity index (χ4v) is 1.23. The number of aromatic carboxylic acids is 1. The molecule has 0 saturated carbocycles. The van der Waals surface area contributed by atoms with Crippen LogP contribution in [0.1, 0.15) is 42.1 Å². The zero-order valence-electron chi connectivity index (χ0n) is 8.80. The van der Waals surface area contributed by atoms with Crippen LogP contribution in [0.4, 0.5) is 0 Å². The summed E-state index contributed by atoms with van der Waals surface area (Å²) in [5.74, 6) is -0.490. The highest BCUT2D eigenvalue weighted by atomic mass is 16.5. The van der Waals surface area contributed by atoms with Gasteiger partial charge in [0.25, 0.3) is 0 Å². The molecule has 0 radical (unpaired) electrons. The molecular weight excluding hydrogens is 196 g/mol. The van der Waals surface area contributed by atoms with E-state index < -0.39 is 5.97 Å². The number of hydrogen-bond acceptors (Lipinski definition) is 4. The summed E-state index contributed by atoms with van der Waals surface area (Å²) in [5, 5.41) is 8.66.